The summed E-state index contributed by atoms with van der Waals surface area (Å²) < 4.78 is 5.24. The predicted octanol–water partition coefficient (Wildman–Crippen LogP) is 3.49. The molecule has 19 heavy (non-hydrogen) atoms. The molecule has 4 heteroatoms. The maximum atomic E-state index is 12.2. The molecule has 1 aromatic rings. The van der Waals surface area contributed by atoms with E-state index < -0.39 is 0 Å². The minimum atomic E-state index is -0.0589. The van der Waals surface area contributed by atoms with Gasteiger partial charge >= 0.3 is 6.03 Å². The summed E-state index contributed by atoms with van der Waals surface area (Å²) in [6.07, 6.45) is 5.94. The lowest BCUT2D eigenvalue weighted by Crippen LogP contribution is -2.40. The second-order valence-corrected chi connectivity index (χ2v) is 5.03. The lowest BCUT2D eigenvalue weighted by Gasteiger charge is -2.31. The largest absolute Gasteiger partial charge is 0.495 e. The van der Waals surface area contributed by atoms with Gasteiger partial charge in [-0.05, 0) is 25.0 Å². The fraction of sp³-hybridized carbons (Fsp3) is 0.533. The van der Waals surface area contributed by atoms with Crippen molar-refractivity contribution in [3.8, 4) is 5.75 Å². The van der Waals surface area contributed by atoms with Crippen LogP contribution >= 0.6 is 0 Å². The monoisotopic (exact) mass is 262 g/mol. The third-order valence-electron chi connectivity index (χ3n) is 3.79. The Morgan fingerprint density at radius 2 is 1.95 bits per heavy atom. The third-order valence-corrected chi connectivity index (χ3v) is 3.79. The van der Waals surface area contributed by atoms with Crippen molar-refractivity contribution in [2.24, 2.45) is 0 Å². The van der Waals surface area contributed by atoms with E-state index in [-0.39, 0.29) is 6.03 Å². The number of urea groups is 1. The first-order valence-corrected chi connectivity index (χ1v) is 6.89. The molecule has 4 nitrogen and oxygen atoms in total. The minimum absolute atomic E-state index is 0.0589. The molecule has 104 valence electrons. The molecule has 0 spiro atoms. The maximum Gasteiger partial charge on any atom is 0.321 e. The van der Waals surface area contributed by atoms with Crippen molar-refractivity contribution in [2.45, 2.75) is 38.1 Å². The van der Waals surface area contributed by atoms with Gasteiger partial charge in [-0.2, -0.15) is 0 Å². The van der Waals surface area contributed by atoms with Gasteiger partial charge in [0, 0.05) is 13.1 Å². The van der Waals surface area contributed by atoms with Gasteiger partial charge in [0.2, 0.25) is 0 Å². The molecule has 1 fully saturated rings. The van der Waals surface area contributed by atoms with Crippen LogP contribution in [0.2, 0.25) is 0 Å². The van der Waals surface area contributed by atoms with E-state index in [1.54, 1.807) is 7.11 Å². The number of hydrogen-bond acceptors (Lipinski definition) is 2. The van der Waals surface area contributed by atoms with Crippen LogP contribution in [0.15, 0.2) is 24.3 Å². The van der Waals surface area contributed by atoms with E-state index in [0.717, 1.165) is 18.5 Å². The highest BCUT2D eigenvalue weighted by Crippen LogP contribution is 2.25. The second kappa shape index (κ2) is 6.45. The lowest BCUT2D eigenvalue weighted by atomic mass is 9.95. The number of amides is 2. The lowest BCUT2D eigenvalue weighted by molar-refractivity contribution is 0.186. The molecule has 0 heterocycles. The summed E-state index contributed by atoms with van der Waals surface area (Å²) in [4.78, 5) is 14.1. The number of nitrogens with zero attached hydrogens (tertiary/aromatic N) is 1. The van der Waals surface area contributed by atoms with E-state index in [1.807, 2.05) is 36.2 Å². The zero-order valence-corrected chi connectivity index (χ0v) is 11.7. The fourth-order valence-corrected chi connectivity index (χ4v) is 2.59. The molecule has 0 aliphatic heterocycles. The molecule has 0 unspecified atom stereocenters. The van der Waals surface area contributed by atoms with Crippen LogP contribution in [0.4, 0.5) is 10.5 Å². The molecule has 1 N–H and O–H groups in total. The van der Waals surface area contributed by atoms with Gasteiger partial charge in [-0.1, -0.05) is 31.4 Å². The first-order chi connectivity index (χ1) is 9.22. The van der Waals surface area contributed by atoms with Crippen LogP contribution in [-0.2, 0) is 0 Å². The number of methoxy groups -OCH3 is 1. The molecule has 0 saturated heterocycles. The summed E-state index contributed by atoms with van der Waals surface area (Å²) in [5, 5.41) is 2.92. The topological polar surface area (TPSA) is 41.6 Å². The molecule has 1 saturated carbocycles. The number of nitrogens with one attached hydrogen (secondary N) is 1. The van der Waals surface area contributed by atoms with Crippen molar-refractivity contribution in [2.75, 3.05) is 19.5 Å². The van der Waals surface area contributed by atoms with Gasteiger partial charge in [0.25, 0.3) is 0 Å². The molecule has 0 bridgehead atoms. The number of hydrogen-bond donors (Lipinski definition) is 1. The Morgan fingerprint density at radius 1 is 1.26 bits per heavy atom. The zero-order valence-electron chi connectivity index (χ0n) is 11.7. The number of anilines is 1. The molecule has 2 rings (SSSR count). The van der Waals surface area contributed by atoms with Gasteiger partial charge in [0.05, 0.1) is 12.8 Å². The highest BCUT2D eigenvalue weighted by molar-refractivity contribution is 5.91. The molecule has 1 aliphatic rings. The smallest absolute Gasteiger partial charge is 0.321 e. The first-order valence-electron chi connectivity index (χ1n) is 6.89. The van der Waals surface area contributed by atoms with Crippen molar-refractivity contribution in [3.63, 3.8) is 0 Å². The van der Waals surface area contributed by atoms with Gasteiger partial charge in [-0.25, -0.2) is 4.79 Å². The van der Waals surface area contributed by atoms with Crippen LogP contribution in [0, 0.1) is 0 Å². The van der Waals surface area contributed by atoms with Crippen molar-refractivity contribution in [3.05, 3.63) is 24.3 Å². The van der Waals surface area contributed by atoms with Crippen LogP contribution in [-0.4, -0.2) is 31.1 Å². The maximum absolute atomic E-state index is 12.2. The van der Waals surface area contributed by atoms with Crippen LogP contribution in [0.3, 0.4) is 0 Å². The molecular formula is C15H22N2O2. The van der Waals surface area contributed by atoms with Crippen molar-refractivity contribution >= 4 is 11.7 Å². The number of benzene rings is 1. The van der Waals surface area contributed by atoms with Crippen molar-refractivity contribution < 1.29 is 9.53 Å². The Balaban J connectivity index is 1.99. The summed E-state index contributed by atoms with van der Waals surface area (Å²) in [6.45, 7) is 0. The van der Waals surface area contributed by atoms with Gasteiger partial charge < -0.3 is 15.0 Å². The molecule has 1 aromatic carbocycles. The van der Waals surface area contributed by atoms with Gasteiger partial charge in [-0.15, -0.1) is 0 Å². The molecule has 0 aromatic heterocycles. The van der Waals surface area contributed by atoms with Crippen LogP contribution in [0.25, 0.3) is 0 Å². The highest BCUT2D eigenvalue weighted by Gasteiger charge is 2.22. The van der Waals surface area contributed by atoms with E-state index in [1.165, 1.54) is 19.3 Å². The second-order valence-electron chi connectivity index (χ2n) is 5.03. The first kappa shape index (κ1) is 13.7. The molecular weight excluding hydrogens is 240 g/mol. The Labute approximate surface area is 114 Å². The average Bonchev–Trinajstić information content (AvgIpc) is 2.48. The predicted molar refractivity (Wildman–Crippen MR) is 76.6 cm³/mol. The summed E-state index contributed by atoms with van der Waals surface area (Å²) >= 11 is 0. The van der Waals surface area contributed by atoms with Crippen molar-refractivity contribution in [1.82, 2.24) is 4.90 Å². The van der Waals surface area contributed by atoms with Gasteiger partial charge in [0.1, 0.15) is 5.75 Å². The van der Waals surface area contributed by atoms with E-state index in [2.05, 4.69) is 5.32 Å². The SMILES string of the molecule is COc1ccccc1NC(=O)N(C)C1CCCCC1. The quantitative estimate of drug-likeness (QED) is 0.906. The minimum Gasteiger partial charge on any atom is -0.495 e. The van der Waals surface area contributed by atoms with Gasteiger partial charge in [0.15, 0.2) is 0 Å². The number of ether oxygens (including phenoxy) is 1. The molecule has 2 amide bonds. The van der Waals surface area contributed by atoms with E-state index in [9.17, 15) is 4.79 Å². The summed E-state index contributed by atoms with van der Waals surface area (Å²) in [6, 6.07) is 7.78. The average molecular weight is 262 g/mol. The number of rotatable bonds is 3. The molecule has 0 radical (unpaired) electrons. The van der Waals surface area contributed by atoms with Gasteiger partial charge in [-0.3, -0.25) is 0 Å². The summed E-state index contributed by atoms with van der Waals surface area (Å²) in [5.41, 5.74) is 0.720. The molecule has 1 aliphatic carbocycles. The Kier molecular flexibility index (Phi) is 4.66. The van der Waals surface area contributed by atoms with Crippen LogP contribution in [0.1, 0.15) is 32.1 Å². The summed E-state index contributed by atoms with van der Waals surface area (Å²) in [7, 11) is 3.48. The zero-order chi connectivity index (χ0) is 13.7. The Morgan fingerprint density at radius 3 is 2.63 bits per heavy atom. The van der Waals surface area contributed by atoms with Crippen LogP contribution < -0.4 is 10.1 Å². The summed E-state index contributed by atoms with van der Waals surface area (Å²) in [5.74, 6) is 0.688. The van der Waals surface area contributed by atoms with Crippen molar-refractivity contribution in [1.29, 1.82) is 0 Å². The third kappa shape index (κ3) is 3.40. The number of para-hydroxylation sites is 2. The number of carbonyl (C=O) groups is 1. The normalized spacial score (nSPS) is 15.9. The fourth-order valence-electron chi connectivity index (χ4n) is 2.59. The number of carbonyl (C=O) groups excluding carboxylic acids is 1. The highest BCUT2D eigenvalue weighted by atomic mass is 16.5. The van der Waals surface area contributed by atoms with E-state index in [0.29, 0.717) is 11.8 Å². The standard InChI is InChI=1S/C15H22N2O2/c1-17(12-8-4-3-5-9-12)15(18)16-13-10-6-7-11-14(13)19-2/h6-7,10-12H,3-5,8-9H2,1-2H3,(H,16,18). The molecule has 0 atom stereocenters. The van der Waals surface area contributed by atoms with Crippen LogP contribution in [0.5, 0.6) is 5.75 Å². The van der Waals surface area contributed by atoms with E-state index in [4.69, 9.17) is 4.74 Å². The Bertz CT molecular complexity index is 428. The Hall–Kier alpha value is -1.71. The van der Waals surface area contributed by atoms with E-state index >= 15 is 0 Å².